The van der Waals surface area contributed by atoms with Gasteiger partial charge < -0.3 is 5.73 Å². The third kappa shape index (κ3) is 3.43. The molecule has 18 heavy (non-hydrogen) atoms. The van der Waals surface area contributed by atoms with E-state index >= 15 is 0 Å². The molecule has 0 saturated heterocycles. The van der Waals surface area contributed by atoms with Gasteiger partial charge in [-0.1, -0.05) is 13.8 Å². The normalized spacial score (nSPS) is 12.3. The lowest BCUT2D eigenvalue weighted by Crippen LogP contribution is -2.28. The van der Waals surface area contributed by atoms with Gasteiger partial charge in [-0.3, -0.25) is 0 Å². The van der Waals surface area contributed by atoms with E-state index in [9.17, 15) is 12.8 Å². The van der Waals surface area contributed by atoms with E-state index in [4.69, 9.17) is 5.73 Å². The maximum Gasteiger partial charge on any atom is 0.242 e. The number of benzene rings is 1. The fourth-order valence-electron chi connectivity index (χ4n) is 1.41. The molecule has 0 aliphatic heterocycles. The Bertz CT molecular complexity index is 515. The molecule has 0 unspecified atom stereocenters. The Morgan fingerprint density at radius 1 is 1.39 bits per heavy atom. The number of nitrogens with two attached hydrogens (primary N) is 1. The van der Waals surface area contributed by atoms with Crippen LogP contribution in [0.5, 0.6) is 0 Å². The first-order valence-electron chi connectivity index (χ1n) is 5.76. The monoisotopic (exact) mass is 274 g/mol. The topological polar surface area (TPSA) is 63.4 Å². The molecule has 4 nitrogen and oxygen atoms in total. The van der Waals surface area contributed by atoms with Crippen LogP contribution in [0.1, 0.15) is 20.3 Å². The average Bonchev–Trinajstić information content (AvgIpc) is 2.29. The van der Waals surface area contributed by atoms with Gasteiger partial charge in [0.2, 0.25) is 10.0 Å². The summed E-state index contributed by atoms with van der Waals surface area (Å²) < 4.78 is 38.8. The van der Waals surface area contributed by atoms with Gasteiger partial charge in [0, 0.05) is 13.6 Å². The van der Waals surface area contributed by atoms with Gasteiger partial charge in [0.1, 0.15) is 5.82 Å². The molecular formula is C12H19FN2O2S. The Morgan fingerprint density at radius 3 is 2.50 bits per heavy atom. The zero-order valence-corrected chi connectivity index (χ0v) is 11.7. The highest BCUT2D eigenvalue weighted by atomic mass is 32.2. The van der Waals surface area contributed by atoms with Crippen LogP contribution in [0.2, 0.25) is 0 Å². The van der Waals surface area contributed by atoms with Crippen molar-refractivity contribution in [2.75, 3.05) is 19.3 Å². The molecule has 1 rings (SSSR count). The van der Waals surface area contributed by atoms with E-state index < -0.39 is 15.8 Å². The molecule has 0 heterocycles. The molecule has 0 saturated carbocycles. The Hall–Kier alpha value is -1.14. The van der Waals surface area contributed by atoms with Crippen LogP contribution in [0.25, 0.3) is 0 Å². The van der Waals surface area contributed by atoms with Crippen molar-refractivity contribution in [3.05, 3.63) is 24.0 Å². The largest absolute Gasteiger partial charge is 0.396 e. The van der Waals surface area contributed by atoms with E-state index in [1.807, 2.05) is 13.8 Å². The highest BCUT2D eigenvalue weighted by Gasteiger charge is 2.21. The molecule has 0 atom stereocenters. The van der Waals surface area contributed by atoms with E-state index in [-0.39, 0.29) is 10.6 Å². The van der Waals surface area contributed by atoms with Gasteiger partial charge in [-0.05, 0) is 30.5 Å². The molecular weight excluding hydrogens is 255 g/mol. The van der Waals surface area contributed by atoms with E-state index in [1.165, 1.54) is 23.5 Å². The van der Waals surface area contributed by atoms with E-state index in [0.717, 1.165) is 12.5 Å². The molecule has 0 radical (unpaired) electrons. The van der Waals surface area contributed by atoms with Crippen molar-refractivity contribution in [2.45, 2.75) is 25.2 Å². The summed E-state index contributed by atoms with van der Waals surface area (Å²) in [5.41, 5.74) is 5.27. The van der Waals surface area contributed by atoms with Crippen LogP contribution < -0.4 is 5.73 Å². The summed E-state index contributed by atoms with van der Waals surface area (Å²) in [6.07, 6.45) is 0.757. The van der Waals surface area contributed by atoms with Gasteiger partial charge in [0.15, 0.2) is 0 Å². The summed E-state index contributed by atoms with van der Waals surface area (Å²) in [6, 6.07) is 3.54. The van der Waals surface area contributed by atoms with Crippen LogP contribution in [0, 0.1) is 11.7 Å². The van der Waals surface area contributed by atoms with Crippen LogP contribution in [-0.2, 0) is 10.0 Å². The van der Waals surface area contributed by atoms with E-state index in [1.54, 1.807) is 0 Å². The maximum absolute atomic E-state index is 13.3. The summed E-state index contributed by atoms with van der Waals surface area (Å²) in [6.45, 7) is 4.44. The minimum Gasteiger partial charge on any atom is -0.396 e. The Morgan fingerprint density at radius 2 is 2.00 bits per heavy atom. The van der Waals surface area contributed by atoms with Gasteiger partial charge in [0.25, 0.3) is 0 Å². The molecule has 0 aliphatic carbocycles. The van der Waals surface area contributed by atoms with Crippen molar-refractivity contribution in [2.24, 2.45) is 5.92 Å². The van der Waals surface area contributed by atoms with Gasteiger partial charge in [-0.2, -0.15) is 0 Å². The third-order valence-electron chi connectivity index (χ3n) is 2.70. The van der Waals surface area contributed by atoms with Crippen molar-refractivity contribution in [3.8, 4) is 0 Å². The molecule has 2 N–H and O–H groups in total. The summed E-state index contributed by atoms with van der Waals surface area (Å²) >= 11 is 0. The minimum atomic E-state index is -3.64. The second kappa shape index (κ2) is 5.67. The highest BCUT2D eigenvalue weighted by molar-refractivity contribution is 7.89. The molecule has 0 amide bonds. The number of nitrogen functional groups attached to an aromatic ring is 1. The summed E-state index contributed by atoms with van der Waals surface area (Å²) in [7, 11) is -2.14. The standard InChI is InChI=1S/C12H19FN2O2S/c1-9(2)6-7-15(3)18(16,17)10-4-5-12(14)11(13)8-10/h4-5,8-9H,6-7,14H2,1-3H3. The molecule has 0 bridgehead atoms. The van der Waals surface area contributed by atoms with Crippen LogP contribution in [0.15, 0.2) is 23.1 Å². The van der Waals surface area contributed by atoms with Crippen molar-refractivity contribution < 1.29 is 12.8 Å². The summed E-state index contributed by atoms with van der Waals surface area (Å²) in [5.74, 6) is -0.306. The van der Waals surface area contributed by atoms with Gasteiger partial charge >= 0.3 is 0 Å². The SMILES string of the molecule is CC(C)CCN(C)S(=O)(=O)c1ccc(N)c(F)c1. The molecule has 0 aliphatic rings. The number of hydrogen-bond donors (Lipinski definition) is 1. The van der Waals surface area contributed by atoms with E-state index in [0.29, 0.717) is 12.5 Å². The molecule has 0 spiro atoms. The van der Waals surface area contributed by atoms with Crippen molar-refractivity contribution in [1.29, 1.82) is 0 Å². The minimum absolute atomic E-state index is 0.0567. The summed E-state index contributed by atoms with van der Waals surface area (Å²) in [5, 5.41) is 0. The highest BCUT2D eigenvalue weighted by Crippen LogP contribution is 2.19. The van der Waals surface area contributed by atoms with Crippen LogP contribution in [-0.4, -0.2) is 26.3 Å². The van der Waals surface area contributed by atoms with E-state index in [2.05, 4.69) is 0 Å². The average molecular weight is 274 g/mol. The molecule has 0 aromatic heterocycles. The number of sulfonamides is 1. The number of anilines is 1. The lowest BCUT2D eigenvalue weighted by Gasteiger charge is -2.18. The smallest absolute Gasteiger partial charge is 0.242 e. The molecule has 0 fully saturated rings. The lowest BCUT2D eigenvalue weighted by atomic mass is 10.1. The Balaban J connectivity index is 2.95. The first kappa shape index (κ1) is 14.9. The van der Waals surface area contributed by atoms with Gasteiger partial charge in [-0.15, -0.1) is 0 Å². The lowest BCUT2D eigenvalue weighted by molar-refractivity contribution is 0.427. The van der Waals surface area contributed by atoms with Crippen LogP contribution in [0.4, 0.5) is 10.1 Å². The fourth-order valence-corrected chi connectivity index (χ4v) is 2.61. The Kier molecular flexibility index (Phi) is 4.70. The first-order chi connectivity index (χ1) is 8.25. The van der Waals surface area contributed by atoms with Crippen molar-refractivity contribution >= 4 is 15.7 Å². The van der Waals surface area contributed by atoms with Crippen molar-refractivity contribution in [3.63, 3.8) is 0 Å². The predicted molar refractivity (Wildman–Crippen MR) is 70.1 cm³/mol. The molecule has 1 aromatic rings. The van der Waals surface area contributed by atoms with Crippen molar-refractivity contribution in [1.82, 2.24) is 4.31 Å². The maximum atomic E-state index is 13.3. The number of rotatable bonds is 5. The number of nitrogens with zero attached hydrogens (tertiary/aromatic N) is 1. The molecule has 6 heteroatoms. The molecule has 1 aromatic carbocycles. The van der Waals surface area contributed by atoms with Gasteiger partial charge in [0.05, 0.1) is 10.6 Å². The zero-order chi connectivity index (χ0) is 13.9. The Labute approximate surface area is 108 Å². The zero-order valence-electron chi connectivity index (χ0n) is 10.9. The third-order valence-corrected chi connectivity index (χ3v) is 4.55. The second-order valence-electron chi connectivity index (χ2n) is 4.69. The second-order valence-corrected chi connectivity index (χ2v) is 6.74. The molecule has 102 valence electrons. The predicted octanol–water partition coefficient (Wildman–Crippen LogP) is 2.07. The number of hydrogen-bond acceptors (Lipinski definition) is 3. The van der Waals surface area contributed by atoms with Gasteiger partial charge in [-0.25, -0.2) is 17.1 Å². The van der Waals surface area contributed by atoms with Crippen LogP contribution >= 0.6 is 0 Å². The summed E-state index contributed by atoms with van der Waals surface area (Å²) in [4.78, 5) is -0.0690. The number of halogens is 1. The first-order valence-corrected chi connectivity index (χ1v) is 7.20. The quantitative estimate of drug-likeness (QED) is 0.836. The van der Waals surface area contributed by atoms with Crippen LogP contribution in [0.3, 0.4) is 0 Å². The fraction of sp³-hybridized carbons (Fsp3) is 0.500.